The molecule has 1 aliphatic heterocycles. The molecule has 2 rings (SSSR count). The van der Waals surface area contributed by atoms with E-state index in [1.54, 1.807) is 0 Å². The summed E-state index contributed by atoms with van der Waals surface area (Å²) in [7, 11) is 0. The summed E-state index contributed by atoms with van der Waals surface area (Å²) in [4.78, 5) is 12.5. The van der Waals surface area contributed by atoms with Crippen LogP contribution in [0.5, 0.6) is 0 Å². The predicted molar refractivity (Wildman–Crippen MR) is 67.4 cm³/mol. The Morgan fingerprint density at radius 2 is 2.25 bits per heavy atom. The Hall–Kier alpha value is -0.960. The van der Waals surface area contributed by atoms with Crippen LogP contribution in [0.4, 0.5) is 0 Å². The Morgan fingerprint density at radius 1 is 1.38 bits per heavy atom. The number of benzene rings is 1. The predicted octanol–water partition coefficient (Wildman–Crippen LogP) is 3.10. The van der Waals surface area contributed by atoms with E-state index in [0.29, 0.717) is 6.42 Å². The van der Waals surface area contributed by atoms with Gasteiger partial charge >= 0.3 is 0 Å². The van der Waals surface area contributed by atoms with Crippen LogP contribution in [0.1, 0.15) is 37.3 Å². The highest BCUT2D eigenvalue weighted by Crippen LogP contribution is 2.26. The molecule has 2 nitrogen and oxygen atoms in total. The molecule has 0 radical (unpaired) electrons. The van der Waals surface area contributed by atoms with Gasteiger partial charge in [-0.3, -0.25) is 9.52 Å². The number of amides is 1. The number of aryl methyl sites for hydroxylation is 1. The molecular formula is C13H17NOS. The smallest absolute Gasteiger partial charge is 0.234 e. The Kier molecular flexibility index (Phi) is 3.88. The first kappa shape index (κ1) is 11.5. The van der Waals surface area contributed by atoms with E-state index in [-0.39, 0.29) is 5.91 Å². The van der Waals surface area contributed by atoms with Crippen LogP contribution in [-0.2, 0) is 17.6 Å². The van der Waals surface area contributed by atoms with Crippen LogP contribution in [-0.4, -0.2) is 5.91 Å². The van der Waals surface area contributed by atoms with E-state index < -0.39 is 0 Å². The monoisotopic (exact) mass is 235 g/mol. The Balaban J connectivity index is 2.06. The summed E-state index contributed by atoms with van der Waals surface area (Å²) >= 11 is 1.43. The first-order valence-electron chi connectivity index (χ1n) is 5.87. The molecule has 0 bridgehead atoms. The summed E-state index contributed by atoms with van der Waals surface area (Å²) in [6, 6.07) is 6.50. The lowest BCUT2D eigenvalue weighted by molar-refractivity contribution is -0.118. The molecule has 16 heavy (non-hydrogen) atoms. The van der Waals surface area contributed by atoms with Crippen LogP contribution < -0.4 is 4.72 Å². The highest BCUT2D eigenvalue weighted by molar-refractivity contribution is 7.98. The maximum atomic E-state index is 11.3. The van der Waals surface area contributed by atoms with Gasteiger partial charge in [-0.25, -0.2) is 0 Å². The number of unbranched alkanes of at least 4 members (excludes halogenated alkanes) is 2. The second-order valence-electron chi connectivity index (χ2n) is 4.20. The van der Waals surface area contributed by atoms with E-state index in [2.05, 4.69) is 29.8 Å². The molecule has 86 valence electrons. The molecule has 0 unspecified atom stereocenters. The van der Waals surface area contributed by atoms with Gasteiger partial charge in [0.15, 0.2) is 0 Å². The zero-order valence-electron chi connectivity index (χ0n) is 9.58. The molecule has 1 heterocycles. The molecule has 0 saturated carbocycles. The molecule has 0 saturated heterocycles. The van der Waals surface area contributed by atoms with Crippen molar-refractivity contribution in [2.24, 2.45) is 0 Å². The van der Waals surface area contributed by atoms with Gasteiger partial charge in [0.05, 0.1) is 6.42 Å². The maximum Gasteiger partial charge on any atom is 0.234 e. The van der Waals surface area contributed by atoms with Crippen molar-refractivity contribution in [1.29, 1.82) is 0 Å². The van der Waals surface area contributed by atoms with Gasteiger partial charge in [-0.05, 0) is 42.0 Å². The highest BCUT2D eigenvalue weighted by atomic mass is 32.2. The van der Waals surface area contributed by atoms with Crippen molar-refractivity contribution in [3.63, 3.8) is 0 Å². The molecular weight excluding hydrogens is 218 g/mol. The molecule has 1 aromatic rings. The van der Waals surface area contributed by atoms with E-state index in [9.17, 15) is 4.79 Å². The molecule has 1 aliphatic rings. The number of nitrogens with one attached hydrogen (secondary N) is 1. The van der Waals surface area contributed by atoms with Crippen LogP contribution in [0.15, 0.2) is 23.1 Å². The third-order valence-corrected chi connectivity index (χ3v) is 3.77. The van der Waals surface area contributed by atoms with Crippen LogP contribution in [0.3, 0.4) is 0 Å². The first-order chi connectivity index (χ1) is 7.79. The van der Waals surface area contributed by atoms with Crippen molar-refractivity contribution < 1.29 is 4.79 Å². The molecule has 1 aromatic carbocycles. The Labute approximate surface area is 101 Å². The largest absolute Gasteiger partial charge is 0.296 e. The third kappa shape index (κ3) is 2.79. The standard InChI is InChI=1S/C13H17NOS/c1-2-3-4-5-10-6-7-12-11(8-10)9-13(15)14-16-12/h6-8H,2-5,9H2,1H3,(H,14,15). The minimum atomic E-state index is 0.114. The lowest BCUT2D eigenvalue weighted by atomic mass is 10.0. The third-order valence-electron chi connectivity index (χ3n) is 2.82. The molecule has 0 fully saturated rings. The average Bonchev–Trinajstić information content (AvgIpc) is 2.29. The summed E-state index contributed by atoms with van der Waals surface area (Å²) in [6.07, 6.45) is 5.45. The van der Waals surface area contributed by atoms with E-state index in [0.717, 1.165) is 6.42 Å². The SMILES string of the molecule is CCCCCc1ccc2c(c1)CC(=O)NS2. The van der Waals surface area contributed by atoms with Gasteiger partial charge in [0.2, 0.25) is 5.91 Å². The fraction of sp³-hybridized carbons (Fsp3) is 0.462. The van der Waals surface area contributed by atoms with Crippen molar-refractivity contribution in [3.05, 3.63) is 29.3 Å². The highest BCUT2D eigenvalue weighted by Gasteiger charge is 2.15. The van der Waals surface area contributed by atoms with E-state index >= 15 is 0 Å². The number of hydrogen-bond acceptors (Lipinski definition) is 2. The minimum Gasteiger partial charge on any atom is -0.296 e. The van der Waals surface area contributed by atoms with Gasteiger partial charge < -0.3 is 0 Å². The molecule has 3 heteroatoms. The van der Waals surface area contributed by atoms with Crippen LogP contribution >= 0.6 is 11.9 Å². The summed E-state index contributed by atoms with van der Waals surface area (Å²) < 4.78 is 2.79. The normalized spacial score (nSPS) is 14.4. The summed E-state index contributed by atoms with van der Waals surface area (Å²) in [6.45, 7) is 2.22. The fourth-order valence-electron chi connectivity index (χ4n) is 1.93. The van der Waals surface area contributed by atoms with Crippen molar-refractivity contribution >= 4 is 17.9 Å². The lowest BCUT2D eigenvalue weighted by Crippen LogP contribution is -2.22. The van der Waals surface area contributed by atoms with E-state index in [4.69, 9.17) is 0 Å². The molecule has 0 spiro atoms. The van der Waals surface area contributed by atoms with Crippen molar-refractivity contribution in [2.75, 3.05) is 0 Å². The van der Waals surface area contributed by atoms with Crippen molar-refractivity contribution in [2.45, 2.75) is 43.9 Å². The molecule has 1 amide bonds. The van der Waals surface area contributed by atoms with Gasteiger partial charge in [0.1, 0.15) is 0 Å². The average molecular weight is 235 g/mol. The van der Waals surface area contributed by atoms with Crippen LogP contribution in [0.25, 0.3) is 0 Å². The van der Waals surface area contributed by atoms with Crippen molar-refractivity contribution in [1.82, 2.24) is 4.72 Å². The van der Waals surface area contributed by atoms with Gasteiger partial charge in [-0.2, -0.15) is 0 Å². The number of carbonyl (C=O) groups excluding carboxylic acids is 1. The van der Waals surface area contributed by atoms with E-state index in [1.165, 1.54) is 47.2 Å². The minimum absolute atomic E-state index is 0.114. The van der Waals surface area contributed by atoms with Gasteiger partial charge in [-0.1, -0.05) is 31.9 Å². The first-order valence-corrected chi connectivity index (χ1v) is 6.68. The maximum absolute atomic E-state index is 11.3. The fourth-order valence-corrected chi connectivity index (χ4v) is 2.62. The Bertz CT molecular complexity index is 390. The molecule has 0 aromatic heterocycles. The second kappa shape index (κ2) is 5.39. The van der Waals surface area contributed by atoms with Gasteiger partial charge in [0, 0.05) is 4.90 Å². The lowest BCUT2D eigenvalue weighted by Gasteiger charge is -2.16. The van der Waals surface area contributed by atoms with Crippen molar-refractivity contribution in [3.8, 4) is 0 Å². The summed E-state index contributed by atoms with van der Waals surface area (Å²) in [5.74, 6) is 0.114. The molecule has 0 aliphatic carbocycles. The second-order valence-corrected chi connectivity index (χ2v) is 5.05. The quantitative estimate of drug-likeness (QED) is 0.642. The Morgan fingerprint density at radius 3 is 3.06 bits per heavy atom. The molecule has 1 N–H and O–H groups in total. The number of carbonyl (C=O) groups is 1. The number of fused-ring (bicyclic) bond motifs is 1. The topological polar surface area (TPSA) is 29.1 Å². The van der Waals surface area contributed by atoms with Crippen LogP contribution in [0.2, 0.25) is 0 Å². The summed E-state index contributed by atoms with van der Waals surface area (Å²) in [5.41, 5.74) is 2.55. The van der Waals surface area contributed by atoms with Crippen LogP contribution in [0, 0.1) is 0 Å². The number of hydrogen-bond donors (Lipinski definition) is 1. The van der Waals surface area contributed by atoms with E-state index in [1.807, 2.05) is 0 Å². The number of rotatable bonds is 4. The van der Waals surface area contributed by atoms with Gasteiger partial charge in [-0.15, -0.1) is 0 Å². The van der Waals surface area contributed by atoms with Gasteiger partial charge in [0.25, 0.3) is 0 Å². The zero-order valence-corrected chi connectivity index (χ0v) is 10.4. The molecule has 0 atom stereocenters. The summed E-state index contributed by atoms with van der Waals surface area (Å²) in [5, 5.41) is 0. The zero-order chi connectivity index (χ0) is 11.4.